The molecule has 0 saturated carbocycles. The first-order valence-corrected chi connectivity index (χ1v) is 9.60. The predicted molar refractivity (Wildman–Crippen MR) is 97.1 cm³/mol. The predicted octanol–water partition coefficient (Wildman–Crippen LogP) is 3.28. The first-order valence-electron chi connectivity index (χ1n) is 8.83. The fourth-order valence-corrected chi connectivity index (χ4v) is 5.11. The van der Waals surface area contributed by atoms with Gasteiger partial charge >= 0.3 is 6.18 Å². The zero-order valence-electron chi connectivity index (χ0n) is 15.5. The highest BCUT2D eigenvalue weighted by Crippen LogP contribution is 2.45. The third-order valence-electron chi connectivity index (χ3n) is 5.40. The standard InChI is InChI=1S/C18H22F3N5S/c1-12-15(4-5-16(23-12)18(19,20)21)27-26-10-17(11-26)8-25(9-17)7-14-6-22-13(2)24(14)3/h4-6H,7-11H2,1-3H3. The van der Waals surface area contributed by atoms with Crippen LogP contribution in [0.5, 0.6) is 0 Å². The number of aromatic nitrogens is 3. The molecular formula is C18H22F3N5S. The van der Waals surface area contributed by atoms with Gasteiger partial charge in [-0.05, 0) is 37.9 Å². The van der Waals surface area contributed by atoms with E-state index in [0.717, 1.165) is 49.5 Å². The van der Waals surface area contributed by atoms with Gasteiger partial charge < -0.3 is 4.57 Å². The molecule has 0 bridgehead atoms. The minimum Gasteiger partial charge on any atom is -0.334 e. The lowest BCUT2D eigenvalue weighted by molar-refractivity contribution is -0.141. The fourth-order valence-electron chi connectivity index (χ4n) is 3.85. The SMILES string of the molecule is Cc1nc(C(F)(F)F)ccc1SN1CC2(CN(Cc3cnc(C)n3C)C2)C1. The number of likely N-dealkylation sites (tertiary alicyclic amines) is 1. The molecule has 0 unspecified atom stereocenters. The summed E-state index contributed by atoms with van der Waals surface area (Å²) in [5.74, 6) is 1.02. The van der Waals surface area contributed by atoms with E-state index in [9.17, 15) is 13.2 Å². The highest BCUT2D eigenvalue weighted by molar-refractivity contribution is 7.97. The van der Waals surface area contributed by atoms with Gasteiger partial charge in [0.2, 0.25) is 0 Å². The van der Waals surface area contributed by atoms with Crippen molar-refractivity contribution in [2.75, 3.05) is 26.2 Å². The van der Waals surface area contributed by atoms with Gasteiger partial charge in [-0.2, -0.15) is 13.2 Å². The molecule has 2 aliphatic rings. The Morgan fingerprint density at radius 3 is 2.41 bits per heavy atom. The average molecular weight is 397 g/mol. The number of imidazole rings is 1. The molecule has 1 spiro atoms. The van der Waals surface area contributed by atoms with Crippen LogP contribution in [0.2, 0.25) is 0 Å². The van der Waals surface area contributed by atoms with Crippen molar-refractivity contribution in [1.82, 2.24) is 23.7 Å². The quantitative estimate of drug-likeness (QED) is 0.741. The summed E-state index contributed by atoms with van der Waals surface area (Å²) >= 11 is 1.51. The minimum absolute atomic E-state index is 0.327. The smallest absolute Gasteiger partial charge is 0.334 e. The van der Waals surface area contributed by atoms with Gasteiger partial charge in [0.1, 0.15) is 11.5 Å². The van der Waals surface area contributed by atoms with Crippen LogP contribution in [0.15, 0.2) is 23.2 Å². The van der Waals surface area contributed by atoms with E-state index in [1.54, 1.807) is 6.92 Å². The van der Waals surface area contributed by atoms with Crippen LogP contribution in [-0.2, 0) is 19.8 Å². The third-order valence-corrected chi connectivity index (χ3v) is 6.54. The molecule has 0 atom stereocenters. The Balaban J connectivity index is 1.28. The lowest BCUT2D eigenvalue weighted by Crippen LogP contribution is -2.70. The number of aryl methyl sites for hydroxylation is 2. The van der Waals surface area contributed by atoms with Crippen molar-refractivity contribution in [3.8, 4) is 0 Å². The second kappa shape index (κ2) is 6.49. The van der Waals surface area contributed by atoms with Gasteiger partial charge in [-0.1, -0.05) is 0 Å². The molecule has 2 aromatic heterocycles. The van der Waals surface area contributed by atoms with E-state index in [2.05, 4.69) is 23.7 Å². The van der Waals surface area contributed by atoms with Crippen molar-refractivity contribution in [3.05, 3.63) is 41.2 Å². The van der Waals surface area contributed by atoms with Crippen LogP contribution >= 0.6 is 11.9 Å². The van der Waals surface area contributed by atoms with Crippen molar-refractivity contribution in [3.63, 3.8) is 0 Å². The number of hydrogen-bond donors (Lipinski definition) is 0. The molecule has 2 fully saturated rings. The van der Waals surface area contributed by atoms with Crippen LogP contribution in [0, 0.1) is 19.3 Å². The molecule has 27 heavy (non-hydrogen) atoms. The maximum absolute atomic E-state index is 12.7. The van der Waals surface area contributed by atoms with Crippen molar-refractivity contribution in [1.29, 1.82) is 0 Å². The third kappa shape index (κ3) is 3.60. The van der Waals surface area contributed by atoms with E-state index >= 15 is 0 Å². The van der Waals surface area contributed by atoms with E-state index in [1.807, 2.05) is 20.2 Å². The largest absolute Gasteiger partial charge is 0.433 e. The Bertz CT molecular complexity index is 849. The maximum Gasteiger partial charge on any atom is 0.433 e. The van der Waals surface area contributed by atoms with Crippen LogP contribution in [-0.4, -0.2) is 49.9 Å². The summed E-state index contributed by atoms with van der Waals surface area (Å²) in [5.41, 5.74) is 1.15. The van der Waals surface area contributed by atoms with E-state index in [-0.39, 0.29) is 0 Å². The molecule has 0 aliphatic carbocycles. The molecule has 0 aromatic carbocycles. The second-order valence-corrected chi connectivity index (χ2v) is 8.81. The Hall–Kier alpha value is -1.58. The zero-order valence-corrected chi connectivity index (χ0v) is 16.4. The number of nitrogens with zero attached hydrogens (tertiary/aromatic N) is 5. The summed E-state index contributed by atoms with van der Waals surface area (Å²) in [6.07, 6.45) is -2.46. The first-order chi connectivity index (χ1) is 12.7. The molecule has 2 aromatic rings. The number of rotatable bonds is 4. The van der Waals surface area contributed by atoms with Crippen molar-refractivity contribution < 1.29 is 13.2 Å². The normalized spacial score (nSPS) is 19.9. The zero-order chi connectivity index (χ0) is 19.4. The van der Waals surface area contributed by atoms with Crippen LogP contribution in [0.4, 0.5) is 13.2 Å². The van der Waals surface area contributed by atoms with E-state index in [0.29, 0.717) is 11.1 Å². The van der Waals surface area contributed by atoms with Crippen molar-refractivity contribution >= 4 is 11.9 Å². The summed E-state index contributed by atoms with van der Waals surface area (Å²) in [5, 5.41) is 0. The first kappa shape index (κ1) is 18.8. The van der Waals surface area contributed by atoms with E-state index in [4.69, 9.17) is 0 Å². The van der Waals surface area contributed by atoms with E-state index in [1.165, 1.54) is 23.7 Å². The summed E-state index contributed by atoms with van der Waals surface area (Å²) in [7, 11) is 2.04. The van der Waals surface area contributed by atoms with E-state index < -0.39 is 11.9 Å². The van der Waals surface area contributed by atoms with Crippen LogP contribution in [0.25, 0.3) is 0 Å². The molecule has 146 valence electrons. The van der Waals surface area contributed by atoms with Crippen LogP contribution in [0.3, 0.4) is 0 Å². The number of pyridine rings is 1. The van der Waals surface area contributed by atoms with Crippen molar-refractivity contribution in [2.45, 2.75) is 31.5 Å². The van der Waals surface area contributed by atoms with Gasteiger partial charge in [0.05, 0.1) is 11.4 Å². The molecule has 2 aliphatic heterocycles. The number of alkyl halides is 3. The molecule has 0 N–H and O–H groups in total. The summed E-state index contributed by atoms with van der Waals surface area (Å²) < 4.78 is 42.5. The van der Waals surface area contributed by atoms with Crippen molar-refractivity contribution in [2.24, 2.45) is 12.5 Å². The van der Waals surface area contributed by atoms with Gasteiger partial charge in [0.25, 0.3) is 0 Å². The Morgan fingerprint density at radius 1 is 1.15 bits per heavy atom. The molecule has 2 saturated heterocycles. The van der Waals surface area contributed by atoms with Gasteiger partial charge in [-0.15, -0.1) is 0 Å². The van der Waals surface area contributed by atoms with Gasteiger partial charge in [-0.25, -0.2) is 14.3 Å². The topological polar surface area (TPSA) is 37.2 Å². The molecule has 4 rings (SSSR count). The van der Waals surface area contributed by atoms with Crippen LogP contribution in [0.1, 0.15) is 22.9 Å². The Labute approximate surface area is 160 Å². The molecule has 9 heteroatoms. The van der Waals surface area contributed by atoms with Crippen LogP contribution < -0.4 is 0 Å². The molecule has 4 heterocycles. The molecule has 0 radical (unpaired) electrons. The lowest BCUT2D eigenvalue weighted by Gasteiger charge is -2.59. The lowest BCUT2D eigenvalue weighted by atomic mass is 9.74. The highest BCUT2D eigenvalue weighted by Gasteiger charge is 2.52. The van der Waals surface area contributed by atoms with Gasteiger partial charge in [-0.3, -0.25) is 4.90 Å². The van der Waals surface area contributed by atoms with Gasteiger partial charge in [0, 0.05) is 56.3 Å². The fraction of sp³-hybridized carbons (Fsp3) is 0.556. The van der Waals surface area contributed by atoms with Gasteiger partial charge in [0.15, 0.2) is 0 Å². The second-order valence-electron chi connectivity index (χ2n) is 7.67. The summed E-state index contributed by atoms with van der Waals surface area (Å²) in [6, 6.07) is 2.59. The summed E-state index contributed by atoms with van der Waals surface area (Å²) in [4.78, 5) is 11.3. The highest BCUT2D eigenvalue weighted by atomic mass is 32.2. The molecule has 0 amide bonds. The minimum atomic E-state index is -4.39. The molecule has 5 nitrogen and oxygen atoms in total. The Kier molecular flexibility index (Phi) is 4.51. The molecular weight excluding hydrogens is 375 g/mol. The average Bonchev–Trinajstić information content (AvgIpc) is 2.83. The Morgan fingerprint density at radius 2 is 1.85 bits per heavy atom. The number of hydrogen-bond acceptors (Lipinski definition) is 5. The number of halogens is 3. The maximum atomic E-state index is 12.7. The monoisotopic (exact) mass is 397 g/mol. The summed E-state index contributed by atoms with van der Waals surface area (Å²) in [6.45, 7) is 8.57.